The summed E-state index contributed by atoms with van der Waals surface area (Å²) in [5, 5.41) is 0. The van der Waals surface area contributed by atoms with Gasteiger partial charge in [-0.25, -0.2) is 0 Å². The van der Waals surface area contributed by atoms with E-state index in [1.165, 1.54) is 0 Å². The average Bonchev–Trinajstić information content (AvgIpc) is 3.23. The molecule has 0 amide bonds. The Kier molecular flexibility index (Phi) is 5.93. The Morgan fingerprint density at radius 1 is 0.971 bits per heavy atom. The molecule has 2 atom stereocenters. The number of rotatable bonds is 6. The van der Waals surface area contributed by atoms with Gasteiger partial charge in [-0.1, -0.05) is 30.3 Å². The fraction of sp³-hybridized carbons (Fsp3) is 0.714. The number of hydrogen-bond acceptors (Lipinski definition) is 7. The highest BCUT2D eigenvalue weighted by Gasteiger charge is 2.71. The van der Waals surface area contributed by atoms with Gasteiger partial charge in [0.05, 0.1) is 12.0 Å². The highest BCUT2D eigenvalue weighted by molar-refractivity contribution is 5.77. The lowest BCUT2D eigenvalue weighted by Gasteiger charge is -2.60. The molecule has 6 fully saturated rings. The largest absolute Gasteiger partial charge is 0.466 e. The Hall–Kier alpha value is -1.96. The second-order valence-corrected chi connectivity index (χ2v) is 11.5. The molecule has 0 aromatic heterocycles. The first-order chi connectivity index (χ1) is 16.9. The van der Waals surface area contributed by atoms with Gasteiger partial charge in [-0.15, -0.1) is 0 Å². The maximum absolute atomic E-state index is 13.4. The lowest BCUT2D eigenvalue weighted by Crippen LogP contribution is -2.64. The second kappa shape index (κ2) is 8.86. The van der Waals surface area contributed by atoms with Crippen LogP contribution in [0.1, 0.15) is 76.7 Å². The normalized spacial score (nSPS) is 41.4. The van der Waals surface area contributed by atoms with Gasteiger partial charge in [-0.2, -0.15) is 9.78 Å². The molecule has 5 saturated carbocycles. The van der Waals surface area contributed by atoms with Crippen molar-refractivity contribution < 1.29 is 33.6 Å². The third-order valence-electron chi connectivity index (χ3n) is 9.27. The molecule has 1 heterocycles. The molecular weight excluding hydrogens is 448 g/mol. The van der Waals surface area contributed by atoms with Gasteiger partial charge in [0.1, 0.15) is 6.61 Å². The van der Waals surface area contributed by atoms with E-state index >= 15 is 0 Å². The molecule has 1 aromatic rings. The molecule has 7 nitrogen and oxygen atoms in total. The smallest absolute Gasteiger partial charge is 0.312 e. The van der Waals surface area contributed by atoms with Crippen LogP contribution in [0.4, 0.5) is 0 Å². The first kappa shape index (κ1) is 23.4. The first-order valence-electron chi connectivity index (χ1n) is 13.4. The quantitative estimate of drug-likeness (QED) is 0.412. The van der Waals surface area contributed by atoms with Crippen molar-refractivity contribution in [2.75, 3.05) is 6.61 Å². The molecule has 2 unspecified atom stereocenters. The number of carbonyl (C=O) groups is 2. The van der Waals surface area contributed by atoms with Gasteiger partial charge in [0.25, 0.3) is 0 Å². The molecule has 6 aliphatic rings. The van der Waals surface area contributed by atoms with Gasteiger partial charge >= 0.3 is 11.9 Å². The van der Waals surface area contributed by atoms with Crippen molar-refractivity contribution in [3.05, 3.63) is 35.9 Å². The fourth-order valence-electron chi connectivity index (χ4n) is 7.78. The number of esters is 2. The van der Waals surface area contributed by atoms with Crippen LogP contribution in [0.3, 0.4) is 0 Å². The average molecular weight is 485 g/mol. The van der Waals surface area contributed by atoms with Gasteiger partial charge in [-0.3, -0.25) is 9.59 Å². The minimum absolute atomic E-state index is 0.0660. The van der Waals surface area contributed by atoms with E-state index in [9.17, 15) is 9.59 Å². The molecule has 1 aliphatic heterocycles. The summed E-state index contributed by atoms with van der Waals surface area (Å²) in [5.74, 6) is -0.612. The Bertz CT molecular complexity index is 935. The second-order valence-electron chi connectivity index (χ2n) is 11.5. The summed E-state index contributed by atoms with van der Waals surface area (Å²) in [6.45, 7) is 2.57. The van der Waals surface area contributed by atoms with Crippen LogP contribution in [0.5, 0.6) is 0 Å². The van der Waals surface area contributed by atoms with E-state index in [-0.39, 0.29) is 23.8 Å². The maximum atomic E-state index is 13.4. The summed E-state index contributed by atoms with van der Waals surface area (Å²) < 4.78 is 17.8. The van der Waals surface area contributed by atoms with Crippen LogP contribution >= 0.6 is 0 Å². The fourth-order valence-corrected chi connectivity index (χ4v) is 7.78. The van der Waals surface area contributed by atoms with Gasteiger partial charge < -0.3 is 14.2 Å². The Morgan fingerprint density at radius 2 is 1.69 bits per heavy atom. The molecular formula is C28H36O7. The van der Waals surface area contributed by atoms with E-state index in [0.29, 0.717) is 44.3 Å². The summed E-state index contributed by atoms with van der Waals surface area (Å²) in [6, 6.07) is 9.87. The van der Waals surface area contributed by atoms with E-state index in [4.69, 9.17) is 24.0 Å². The Morgan fingerprint density at radius 3 is 2.37 bits per heavy atom. The summed E-state index contributed by atoms with van der Waals surface area (Å²) in [7, 11) is 0. The predicted octanol–water partition coefficient (Wildman–Crippen LogP) is 5.07. The van der Waals surface area contributed by atoms with Crippen LogP contribution in [-0.2, 0) is 40.2 Å². The highest BCUT2D eigenvalue weighted by Crippen LogP contribution is 2.68. The van der Waals surface area contributed by atoms with Crippen molar-refractivity contribution in [2.45, 2.75) is 89.3 Å². The standard InChI is InChI=1S/C28H36O7/c1-2-31-24(29)14-19-8-10-27(11-9-19)33-28(35-34-27)22-12-21-13-23(28)17-26(15-21,16-22)25(30)32-18-20-6-4-3-5-7-20/h3-7,19,21-23H,2,8-18H2,1H3. The van der Waals surface area contributed by atoms with Crippen molar-refractivity contribution in [1.82, 2.24) is 0 Å². The maximum Gasteiger partial charge on any atom is 0.312 e. The van der Waals surface area contributed by atoms with Gasteiger partial charge in [0.2, 0.25) is 11.6 Å². The molecule has 1 saturated heterocycles. The van der Waals surface area contributed by atoms with E-state index in [0.717, 1.165) is 50.5 Å². The molecule has 7 rings (SSSR count). The predicted molar refractivity (Wildman–Crippen MR) is 124 cm³/mol. The van der Waals surface area contributed by atoms with Crippen LogP contribution in [0.15, 0.2) is 30.3 Å². The zero-order valence-corrected chi connectivity index (χ0v) is 20.5. The SMILES string of the molecule is CCOC(=O)CC1CCC2(CC1)OOC1(O2)C2CC3CC1CC(C(=O)OCc1ccccc1)(C3)C2. The Balaban J connectivity index is 1.11. The third kappa shape index (κ3) is 4.09. The molecule has 7 heteroatoms. The first-order valence-corrected chi connectivity index (χ1v) is 13.4. The van der Waals surface area contributed by atoms with Crippen LogP contribution in [0, 0.1) is 29.1 Å². The van der Waals surface area contributed by atoms with E-state index < -0.39 is 17.0 Å². The van der Waals surface area contributed by atoms with E-state index in [1.807, 2.05) is 37.3 Å². The molecule has 0 N–H and O–H groups in total. The topological polar surface area (TPSA) is 80.3 Å². The summed E-state index contributed by atoms with van der Waals surface area (Å²) >= 11 is 0. The minimum atomic E-state index is -0.756. The number of carbonyl (C=O) groups excluding carboxylic acids is 2. The van der Waals surface area contributed by atoms with Crippen LogP contribution in [0.25, 0.3) is 0 Å². The zero-order valence-electron chi connectivity index (χ0n) is 20.5. The molecule has 1 aromatic carbocycles. The van der Waals surface area contributed by atoms with Crippen molar-refractivity contribution in [3.8, 4) is 0 Å². The van der Waals surface area contributed by atoms with E-state index in [2.05, 4.69) is 0 Å². The van der Waals surface area contributed by atoms with Crippen molar-refractivity contribution >= 4 is 11.9 Å². The Labute approximate surface area is 206 Å². The molecule has 4 bridgehead atoms. The summed E-state index contributed by atoms with van der Waals surface area (Å²) in [5.41, 5.74) is 0.578. The number of hydrogen-bond donors (Lipinski definition) is 0. The zero-order chi connectivity index (χ0) is 24.1. The van der Waals surface area contributed by atoms with Crippen molar-refractivity contribution in [3.63, 3.8) is 0 Å². The summed E-state index contributed by atoms with van der Waals surface area (Å²) in [6.07, 6.45) is 7.99. The number of ether oxygens (including phenoxy) is 3. The summed E-state index contributed by atoms with van der Waals surface area (Å²) in [4.78, 5) is 37.4. The van der Waals surface area contributed by atoms with Crippen LogP contribution in [-0.4, -0.2) is 30.1 Å². The molecule has 35 heavy (non-hydrogen) atoms. The van der Waals surface area contributed by atoms with Gasteiger partial charge in [-0.05, 0) is 69.3 Å². The highest BCUT2D eigenvalue weighted by atomic mass is 17.3. The third-order valence-corrected chi connectivity index (χ3v) is 9.27. The molecule has 0 radical (unpaired) electrons. The van der Waals surface area contributed by atoms with E-state index in [1.54, 1.807) is 0 Å². The van der Waals surface area contributed by atoms with Gasteiger partial charge in [0.15, 0.2) is 0 Å². The molecule has 190 valence electrons. The van der Waals surface area contributed by atoms with Crippen LogP contribution in [0.2, 0.25) is 0 Å². The number of benzene rings is 1. The van der Waals surface area contributed by atoms with Gasteiger partial charge in [0, 0.05) is 31.1 Å². The minimum Gasteiger partial charge on any atom is -0.466 e. The van der Waals surface area contributed by atoms with Crippen molar-refractivity contribution in [1.29, 1.82) is 0 Å². The van der Waals surface area contributed by atoms with Crippen molar-refractivity contribution in [2.24, 2.45) is 29.1 Å². The lowest BCUT2D eigenvalue weighted by atomic mass is 9.47. The van der Waals surface area contributed by atoms with Crippen LogP contribution < -0.4 is 0 Å². The lowest BCUT2D eigenvalue weighted by molar-refractivity contribution is -0.394. The molecule has 5 aliphatic carbocycles. The molecule has 2 spiro atoms. The monoisotopic (exact) mass is 484 g/mol.